The number of piperidine rings is 1. The Hall–Kier alpha value is -2.59. The minimum Gasteiger partial charge on any atom is -0.406 e. The van der Waals surface area contributed by atoms with Crippen molar-refractivity contribution in [3.63, 3.8) is 0 Å². The maximum atomic E-state index is 12.3. The van der Waals surface area contributed by atoms with Gasteiger partial charge in [-0.15, -0.1) is 13.2 Å². The van der Waals surface area contributed by atoms with E-state index in [1.807, 2.05) is 6.33 Å². The minimum atomic E-state index is -4.67. The van der Waals surface area contributed by atoms with Crippen LogP contribution in [0.2, 0.25) is 5.28 Å². The molecule has 3 aromatic rings. The Balaban J connectivity index is 1.19. The first-order valence-electron chi connectivity index (χ1n) is 11.6. The summed E-state index contributed by atoms with van der Waals surface area (Å²) in [4.78, 5) is 13.4. The molecule has 34 heavy (non-hydrogen) atoms. The number of rotatable bonds is 6. The molecule has 1 saturated heterocycles. The molecule has 7 nitrogen and oxygen atoms in total. The molecule has 0 atom stereocenters. The van der Waals surface area contributed by atoms with Crippen molar-refractivity contribution in [2.75, 3.05) is 18.5 Å². The number of ether oxygens (including phenoxy) is 1. The summed E-state index contributed by atoms with van der Waals surface area (Å²) in [5, 5.41) is 2.31. The van der Waals surface area contributed by atoms with Crippen LogP contribution >= 0.6 is 11.6 Å². The van der Waals surface area contributed by atoms with E-state index in [2.05, 4.69) is 34.7 Å². The second-order valence-corrected chi connectivity index (χ2v) is 9.38. The van der Waals surface area contributed by atoms with Crippen LogP contribution in [0.4, 0.5) is 19.0 Å². The number of benzene rings is 1. The molecule has 1 saturated carbocycles. The van der Waals surface area contributed by atoms with Crippen LogP contribution in [0, 0.1) is 5.92 Å². The van der Waals surface area contributed by atoms with Gasteiger partial charge >= 0.3 is 6.36 Å². The quantitative estimate of drug-likeness (QED) is 0.438. The lowest BCUT2D eigenvalue weighted by atomic mass is 9.91. The maximum absolute atomic E-state index is 12.3. The molecule has 182 valence electrons. The van der Waals surface area contributed by atoms with E-state index in [-0.39, 0.29) is 11.0 Å². The van der Waals surface area contributed by atoms with Gasteiger partial charge in [0.15, 0.2) is 17.0 Å². The normalized spacial score (nSPS) is 18.6. The van der Waals surface area contributed by atoms with Crippen molar-refractivity contribution in [3.8, 4) is 5.75 Å². The number of hydrazine groups is 1. The van der Waals surface area contributed by atoms with Gasteiger partial charge in [0.05, 0.1) is 6.33 Å². The molecule has 11 heteroatoms. The molecular formula is C23H26ClF3N6O. The highest BCUT2D eigenvalue weighted by Gasteiger charge is 2.31. The molecule has 1 aliphatic heterocycles. The standard InChI is InChI=1S/C23H26ClF3N6O/c24-22-29-20(19-21(30-22)33(14-28-19)17-3-1-2-4-17)31-32-11-9-16(10-12-32)13-15-5-7-18(8-6-15)34-23(25,26)27/h5-8,14,16-17H,1-4,9-13H2,(H,29,30,31). The highest BCUT2D eigenvalue weighted by molar-refractivity contribution is 6.28. The number of halogens is 4. The first kappa shape index (κ1) is 23.2. The van der Waals surface area contributed by atoms with Gasteiger partial charge < -0.3 is 14.7 Å². The summed E-state index contributed by atoms with van der Waals surface area (Å²) in [5.74, 6) is 0.869. The van der Waals surface area contributed by atoms with E-state index in [0.29, 0.717) is 17.8 Å². The molecule has 1 aliphatic carbocycles. The third kappa shape index (κ3) is 5.38. The maximum Gasteiger partial charge on any atom is 0.573 e. The number of fused-ring (bicyclic) bond motifs is 1. The molecule has 1 aromatic carbocycles. The summed E-state index contributed by atoms with van der Waals surface area (Å²) in [6.45, 7) is 1.62. The third-order valence-electron chi connectivity index (χ3n) is 6.67. The smallest absolute Gasteiger partial charge is 0.406 e. The van der Waals surface area contributed by atoms with E-state index < -0.39 is 6.36 Å². The van der Waals surface area contributed by atoms with Gasteiger partial charge in [0, 0.05) is 19.1 Å². The van der Waals surface area contributed by atoms with Gasteiger partial charge in [-0.3, -0.25) is 0 Å². The lowest BCUT2D eigenvalue weighted by molar-refractivity contribution is -0.274. The van der Waals surface area contributed by atoms with Crippen LogP contribution in [-0.4, -0.2) is 44.0 Å². The van der Waals surface area contributed by atoms with Gasteiger partial charge in [-0.1, -0.05) is 25.0 Å². The number of anilines is 1. The van der Waals surface area contributed by atoms with E-state index >= 15 is 0 Å². The van der Waals surface area contributed by atoms with E-state index in [9.17, 15) is 13.2 Å². The lowest BCUT2D eigenvalue weighted by Gasteiger charge is -2.32. The molecule has 1 N–H and O–H groups in total. The zero-order chi connectivity index (χ0) is 23.7. The van der Waals surface area contributed by atoms with Gasteiger partial charge in [-0.25, -0.2) is 9.99 Å². The SMILES string of the molecule is FC(F)(F)Oc1ccc(CC2CCN(Nc3nc(Cl)nc4c3ncn4C3CCCC3)CC2)cc1. The number of nitrogens with zero attached hydrogens (tertiary/aromatic N) is 5. The molecule has 2 aliphatic rings. The average molecular weight is 495 g/mol. The number of alkyl halides is 3. The van der Waals surface area contributed by atoms with Crippen LogP contribution in [0.15, 0.2) is 30.6 Å². The Morgan fingerprint density at radius 2 is 1.74 bits per heavy atom. The summed E-state index contributed by atoms with van der Waals surface area (Å²) in [6, 6.07) is 6.55. The van der Waals surface area contributed by atoms with Gasteiger partial charge in [0.25, 0.3) is 0 Å². The summed E-state index contributed by atoms with van der Waals surface area (Å²) in [5.41, 5.74) is 5.87. The largest absolute Gasteiger partial charge is 0.573 e. The fourth-order valence-corrected chi connectivity index (χ4v) is 5.14. The molecule has 0 amide bonds. The summed E-state index contributed by atoms with van der Waals surface area (Å²) >= 11 is 6.24. The van der Waals surface area contributed by atoms with Gasteiger partial charge in [-0.05, 0) is 67.3 Å². The zero-order valence-corrected chi connectivity index (χ0v) is 19.3. The molecule has 0 unspecified atom stereocenters. The number of imidazole rings is 1. The predicted molar refractivity (Wildman–Crippen MR) is 123 cm³/mol. The molecule has 0 radical (unpaired) electrons. The van der Waals surface area contributed by atoms with Crippen molar-refractivity contribution >= 4 is 28.6 Å². The highest BCUT2D eigenvalue weighted by atomic mass is 35.5. The van der Waals surface area contributed by atoms with E-state index in [4.69, 9.17) is 11.6 Å². The Labute approximate surface area is 200 Å². The number of aromatic nitrogens is 4. The average Bonchev–Trinajstić information content (AvgIpc) is 3.45. The van der Waals surface area contributed by atoms with Crippen LogP contribution in [0.25, 0.3) is 11.2 Å². The fourth-order valence-electron chi connectivity index (χ4n) is 4.98. The Kier molecular flexibility index (Phi) is 6.52. The van der Waals surface area contributed by atoms with Crippen molar-refractivity contribution < 1.29 is 17.9 Å². The monoisotopic (exact) mass is 494 g/mol. The fraction of sp³-hybridized carbons (Fsp3) is 0.522. The summed E-state index contributed by atoms with van der Waals surface area (Å²) in [7, 11) is 0. The Morgan fingerprint density at radius 1 is 1.03 bits per heavy atom. The number of nitrogens with one attached hydrogen (secondary N) is 1. The van der Waals surface area contributed by atoms with Crippen LogP contribution in [0.3, 0.4) is 0 Å². The van der Waals surface area contributed by atoms with E-state index in [1.54, 1.807) is 12.1 Å². The molecule has 2 aromatic heterocycles. The van der Waals surface area contributed by atoms with E-state index in [1.165, 1.54) is 25.0 Å². The van der Waals surface area contributed by atoms with Gasteiger partial charge in [0.2, 0.25) is 5.28 Å². The van der Waals surface area contributed by atoms with Crippen LogP contribution in [0.1, 0.15) is 50.1 Å². The summed E-state index contributed by atoms with van der Waals surface area (Å²) < 4.78 is 43.1. The van der Waals surface area contributed by atoms with Crippen LogP contribution < -0.4 is 10.2 Å². The van der Waals surface area contributed by atoms with Crippen LogP contribution in [-0.2, 0) is 6.42 Å². The van der Waals surface area contributed by atoms with Crippen LogP contribution in [0.5, 0.6) is 5.75 Å². The summed E-state index contributed by atoms with van der Waals surface area (Å²) in [6.07, 6.45) is 4.57. The van der Waals surface area contributed by atoms with Crippen molar-refractivity contribution in [1.29, 1.82) is 0 Å². The Morgan fingerprint density at radius 3 is 2.41 bits per heavy atom. The first-order valence-corrected chi connectivity index (χ1v) is 12.0. The predicted octanol–water partition coefficient (Wildman–Crippen LogP) is 5.78. The zero-order valence-electron chi connectivity index (χ0n) is 18.6. The number of hydrogen-bond donors (Lipinski definition) is 1. The van der Waals surface area contributed by atoms with Crippen molar-refractivity contribution in [1.82, 2.24) is 24.5 Å². The topological polar surface area (TPSA) is 68.1 Å². The van der Waals surface area contributed by atoms with Gasteiger partial charge in [0.1, 0.15) is 5.75 Å². The molecule has 2 fully saturated rings. The molecule has 5 rings (SSSR count). The van der Waals surface area contributed by atoms with Crippen molar-refractivity contribution in [2.45, 2.75) is 57.3 Å². The van der Waals surface area contributed by atoms with Gasteiger partial charge in [-0.2, -0.15) is 9.97 Å². The molecular weight excluding hydrogens is 469 g/mol. The van der Waals surface area contributed by atoms with Crippen molar-refractivity contribution in [2.24, 2.45) is 5.92 Å². The molecule has 0 spiro atoms. The first-order chi connectivity index (χ1) is 16.3. The van der Waals surface area contributed by atoms with E-state index in [0.717, 1.165) is 61.9 Å². The molecule has 3 heterocycles. The molecule has 0 bridgehead atoms. The lowest BCUT2D eigenvalue weighted by Crippen LogP contribution is -2.38. The second kappa shape index (κ2) is 9.58. The van der Waals surface area contributed by atoms with Crippen molar-refractivity contribution in [3.05, 3.63) is 41.4 Å². The minimum absolute atomic E-state index is 0.194. The Bertz CT molecular complexity index is 1120. The highest BCUT2D eigenvalue weighted by Crippen LogP contribution is 2.33. The third-order valence-corrected chi connectivity index (χ3v) is 6.84. The second-order valence-electron chi connectivity index (χ2n) is 9.04. The number of hydrogen-bond acceptors (Lipinski definition) is 6.